The van der Waals surface area contributed by atoms with Crippen LogP contribution in [0.1, 0.15) is 62.3 Å². The van der Waals surface area contributed by atoms with Crippen molar-refractivity contribution < 1.29 is 28.5 Å². The molecule has 0 saturated carbocycles. The van der Waals surface area contributed by atoms with Crippen LogP contribution < -0.4 is 18.9 Å². The number of halogens is 1. The van der Waals surface area contributed by atoms with Gasteiger partial charge in [0, 0.05) is 18.1 Å². The Morgan fingerprint density at radius 1 is 0.950 bits per heavy atom. The molecule has 7 heteroatoms. The molecule has 0 fully saturated rings. The number of hydrogen-bond donors (Lipinski definition) is 0. The van der Waals surface area contributed by atoms with Crippen LogP contribution in [0.5, 0.6) is 23.0 Å². The van der Waals surface area contributed by atoms with Crippen molar-refractivity contribution in [1.82, 2.24) is 0 Å². The quantitative estimate of drug-likeness (QED) is 0.138. The fourth-order valence-corrected chi connectivity index (χ4v) is 5.27. The van der Waals surface area contributed by atoms with Crippen LogP contribution in [0.4, 0.5) is 0 Å². The Kier molecular flexibility index (Phi) is 11.2. The van der Waals surface area contributed by atoms with Crippen molar-refractivity contribution in [1.29, 1.82) is 0 Å². The van der Waals surface area contributed by atoms with Crippen LogP contribution in [0.3, 0.4) is 0 Å². The van der Waals surface area contributed by atoms with Crippen LogP contribution >= 0.6 is 15.9 Å². The summed E-state index contributed by atoms with van der Waals surface area (Å²) in [5.41, 5.74) is 4.37. The summed E-state index contributed by atoms with van der Waals surface area (Å²) in [5, 5.41) is 0. The molecular formula is C33H39BrO6. The predicted molar refractivity (Wildman–Crippen MR) is 160 cm³/mol. The van der Waals surface area contributed by atoms with Gasteiger partial charge in [-0.3, -0.25) is 0 Å². The van der Waals surface area contributed by atoms with Gasteiger partial charge in [0.05, 0.1) is 24.3 Å². The summed E-state index contributed by atoms with van der Waals surface area (Å²) in [7, 11) is 0. The van der Waals surface area contributed by atoms with Crippen molar-refractivity contribution in [2.45, 2.75) is 72.0 Å². The number of esters is 1. The summed E-state index contributed by atoms with van der Waals surface area (Å²) in [6.45, 7) is 7.91. The molecule has 4 rings (SSSR count). The molecular weight excluding hydrogens is 572 g/mol. The van der Waals surface area contributed by atoms with Crippen LogP contribution in [0.15, 0.2) is 59.1 Å². The van der Waals surface area contributed by atoms with Crippen molar-refractivity contribution in [3.8, 4) is 23.0 Å². The molecule has 1 aliphatic heterocycles. The van der Waals surface area contributed by atoms with Gasteiger partial charge < -0.3 is 23.7 Å². The van der Waals surface area contributed by atoms with Gasteiger partial charge in [-0.2, -0.15) is 0 Å². The highest BCUT2D eigenvalue weighted by Crippen LogP contribution is 2.38. The van der Waals surface area contributed by atoms with Crippen LogP contribution in [0.2, 0.25) is 0 Å². The number of rotatable bonds is 14. The lowest BCUT2D eigenvalue weighted by atomic mass is 9.96. The molecule has 1 aliphatic rings. The van der Waals surface area contributed by atoms with Gasteiger partial charge in [0.25, 0.3) is 0 Å². The summed E-state index contributed by atoms with van der Waals surface area (Å²) >= 11 is 3.64. The van der Waals surface area contributed by atoms with E-state index in [-0.39, 0.29) is 5.97 Å². The van der Waals surface area contributed by atoms with Crippen LogP contribution in [-0.4, -0.2) is 31.9 Å². The summed E-state index contributed by atoms with van der Waals surface area (Å²) in [6, 6.07) is 18.2. The minimum atomic E-state index is -0.563. The maximum atomic E-state index is 12.3. The normalized spacial score (nSPS) is 14.2. The second-order valence-corrected chi connectivity index (χ2v) is 10.6. The zero-order valence-electron chi connectivity index (χ0n) is 23.7. The Bertz CT molecular complexity index is 1260. The summed E-state index contributed by atoms with van der Waals surface area (Å²) in [5.74, 6) is 2.87. The van der Waals surface area contributed by atoms with Gasteiger partial charge in [-0.05, 0) is 77.4 Å². The minimum absolute atomic E-state index is 0.299. The van der Waals surface area contributed by atoms with Crippen molar-refractivity contribution in [2.75, 3.05) is 19.8 Å². The number of fused-ring (bicyclic) bond motifs is 1. The van der Waals surface area contributed by atoms with E-state index in [0.717, 1.165) is 75.4 Å². The van der Waals surface area contributed by atoms with E-state index in [2.05, 4.69) is 35.8 Å². The van der Waals surface area contributed by atoms with Gasteiger partial charge in [0.2, 0.25) is 0 Å². The number of carbonyl (C=O) groups is 1. The molecule has 3 aromatic carbocycles. The second kappa shape index (κ2) is 15.0. The lowest BCUT2D eigenvalue weighted by Crippen LogP contribution is -2.33. The Hall–Kier alpha value is -3.19. The lowest BCUT2D eigenvalue weighted by molar-refractivity contribution is -0.152. The van der Waals surface area contributed by atoms with E-state index in [0.29, 0.717) is 39.3 Å². The van der Waals surface area contributed by atoms with Crippen molar-refractivity contribution in [3.63, 3.8) is 0 Å². The number of aryl methyl sites for hydroxylation is 2. The van der Waals surface area contributed by atoms with Crippen LogP contribution in [0.25, 0.3) is 0 Å². The molecule has 0 amide bonds. The molecule has 0 spiro atoms. The third kappa shape index (κ3) is 7.72. The maximum Gasteiger partial charge on any atom is 0.347 e. The minimum Gasteiger partial charge on any atom is -0.493 e. The smallest absolute Gasteiger partial charge is 0.347 e. The highest BCUT2D eigenvalue weighted by atomic mass is 79.9. The summed E-state index contributed by atoms with van der Waals surface area (Å²) in [4.78, 5) is 12.3. The molecule has 0 saturated heterocycles. The molecule has 0 aromatic heterocycles. The highest BCUT2D eigenvalue weighted by molar-refractivity contribution is 9.10. The monoisotopic (exact) mass is 610 g/mol. The van der Waals surface area contributed by atoms with Gasteiger partial charge in [-0.25, -0.2) is 4.79 Å². The SMILES string of the molecule is CCCc1c(OCCCOc2cc(OCc3ccccc3)c(Br)cc2CC)ccc2c1OC(C(=O)OCC)CC2. The second-order valence-electron chi connectivity index (χ2n) is 9.75. The molecule has 0 aliphatic carbocycles. The van der Waals surface area contributed by atoms with Crippen molar-refractivity contribution in [3.05, 3.63) is 81.3 Å². The molecule has 0 N–H and O–H groups in total. The van der Waals surface area contributed by atoms with E-state index in [4.69, 9.17) is 23.7 Å². The van der Waals surface area contributed by atoms with E-state index in [9.17, 15) is 4.79 Å². The average Bonchev–Trinajstić information content (AvgIpc) is 2.98. The molecule has 1 unspecified atom stereocenters. The molecule has 0 radical (unpaired) electrons. The van der Waals surface area contributed by atoms with E-state index >= 15 is 0 Å². The van der Waals surface area contributed by atoms with E-state index in [1.54, 1.807) is 0 Å². The van der Waals surface area contributed by atoms with Gasteiger partial charge in [0.15, 0.2) is 6.10 Å². The molecule has 1 heterocycles. The Morgan fingerprint density at radius 3 is 2.45 bits per heavy atom. The predicted octanol–water partition coefficient (Wildman–Crippen LogP) is 7.65. The molecule has 40 heavy (non-hydrogen) atoms. The highest BCUT2D eigenvalue weighted by Gasteiger charge is 2.30. The topological polar surface area (TPSA) is 63.2 Å². The van der Waals surface area contributed by atoms with Gasteiger partial charge in [-0.15, -0.1) is 0 Å². The molecule has 0 bridgehead atoms. The number of benzene rings is 3. The van der Waals surface area contributed by atoms with Gasteiger partial charge in [0.1, 0.15) is 29.6 Å². The zero-order valence-corrected chi connectivity index (χ0v) is 25.3. The Labute approximate surface area is 246 Å². The number of carbonyl (C=O) groups excluding carboxylic acids is 1. The Morgan fingerprint density at radius 2 is 1.73 bits per heavy atom. The fourth-order valence-electron chi connectivity index (χ4n) is 4.77. The molecule has 3 aromatic rings. The first-order valence-electron chi connectivity index (χ1n) is 14.3. The van der Waals surface area contributed by atoms with E-state index < -0.39 is 6.10 Å². The summed E-state index contributed by atoms with van der Waals surface area (Å²) in [6.07, 6.45) is 4.18. The fraction of sp³-hybridized carbons (Fsp3) is 0.424. The van der Waals surface area contributed by atoms with E-state index in [1.807, 2.05) is 55.5 Å². The van der Waals surface area contributed by atoms with E-state index in [1.165, 1.54) is 0 Å². The first-order chi connectivity index (χ1) is 19.5. The van der Waals surface area contributed by atoms with Crippen LogP contribution in [0, 0.1) is 0 Å². The summed E-state index contributed by atoms with van der Waals surface area (Å²) < 4.78 is 30.7. The van der Waals surface area contributed by atoms with Crippen LogP contribution in [-0.2, 0) is 35.4 Å². The lowest BCUT2D eigenvalue weighted by Gasteiger charge is -2.27. The van der Waals surface area contributed by atoms with Crippen molar-refractivity contribution in [2.24, 2.45) is 0 Å². The van der Waals surface area contributed by atoms with Crippen molar-refractivity contribution >= 4 is 21.9 Å². The standard InChI is InChI=1S/C33H39BrO6/c1-4-11-26-28(16-14-25-15-17-29(40-32(25)26)33(35)36-6-3)37-18-10-19-38-30-21-31(27(34)20-24(30)5-2)39-22-23-12-8-7-9-13-23/h7-9,12-14,16,20-21,29H,4-6,10-11,15,17-19,22H2,1-3H3. The number of ether oxygens (including phenoxy) is 5. The number of hydrogen-bond acceptors (Lipinski definition) is 6. The van der Waals surface area contributed by atoms with Gasteiger partial charge >= 0.3 is 5.97 Å². The maximum absolute atomic E-state index is 12.3. The Balaban J connectivity index is 1.35. The molecule has 214 valence electrons. The third-order valence-electron chi connectivity index (χ3n) is 6.82. The zero-order chi connectivity index (χ0) is 28.3. The first-order valence-corrected chi connectivity index (χ1v) is 15.1. The first kappa shape index (κ1) is 29.8. The largest absolute Gasteiger partial charge is 0.493 e. The third-order valence-corrected chi connectivity index (χ3v) is 7.44. The average molecular weight is 612 g/mol. The molecule has 1 atom stereocenters. The van der Waals surface area contributed by atoms with Gasteiger partial charge in [-0.1, -0.05) is 56.7 Å². The molecule has 6 nitrogen and oxygen atoms in total.